The van der Waals surface area contributed by atoms with Gasteiger partial charge in [0, 0.05) is 24.2 Å². The highest BCUT2D eigenvalue weighted by Crippen LogP contribution is 2.48. The third kappa shape index (κ3) is 5.25. The summed E-state index contributed by atoms with van der Waals surface area (Å²) < 4.78 is 13.3. The predicted molar refractivity (Wildman–Crippen MR) is 129 cm³/mol. The monoisotopic (exact) mass is 430 g/mol. The van der Waals surface area contributed by atoms with Gasteiger partial charge in [-0.05, 0) is 65.6 Å². The Hall–Kier alpha value is -2.98. The van der Waals surface area contributed by atoms with Crippen LogP contribution >= 0.6 is 0 Å². The Morgan fingerprint density at radius 3 is 2.16 bits per heavy atom. The van der Waals surface area contributed by atoms with Crippen molar-refractivity contribution in [2.24, 2.45) is 17.6 Å². The number of benzene rings is 3. The van der Waals surface area contributed by atoms with E-state index in [2.05, 4.69) is 26.0 Å². The molecule has 0 saturated heterocycles. The van der Waals surface area contributed by atoms with Gasteiger partial charge in [-0.2, -0.15) is 0 Å². The van der Waals surface area contributed by atoms with Crippen molar-refractivity contribution in [3.05, 3.63) is 90.2 Å². The first-order chi connectivity index (χ1) is 15.4. The number of rotatable bonds is 8. The van der Waals surface area contributed by atoms with Gasteiger partial charge in [0.2, 0.25) is 5.91 Å². The molecule has 2 N–H and O–H groups in total. The minimum atomic E-state index is -0.251. The van der Waals surface area contributed by atoms with E-state index in [9.17, 15) is 9.18 Å². The van der Waals surface area contributed by atoms with E-state index in [0.717, 1.165) is 29.7 Å². The molecule has 0 radical (unpaired) electrons. The minimum Gasteiger partial charge on any atom is -0.326 e. The Morgan fingerprint density at radius 1 is 0.969 bits per heavy atom. The fraction of sp³-hybridized carbons (Fsp3) is 0.321. The van der Waals surface area contributed by atoms with Crippen LogP contribution in [0.25, 0.3) is 11.1 Å². The van der Waals surface area contributed by atoms with Gasteiger partial charge in [-0.25, -0.2) is 4.39 Å². The molecule has 0 bridgehead atoms. The highest BCUT2D eigenvalue weighted by atomic mass is 19.1. The lowest BCUT2D eigenvalue weighted by molar-refractivity contribution is -0.120. The summed E-state index contributed by atoms with van der Waals surface area (Å²) in [5.74, 6) is 0.651. The van der Waals surface area contributed by atoms with Crippen molar-refractivity contribution in [2.45, 2.75) is 38.6 Å². The third-order valence-corrected chi connectivity index (χ3v) is 6.15. The largest absolute Gasteiger partial charge is 0.326 e. The molecule has 1 aliphatic carbocycles. The second-order valence-corrected chi connectivity index (χ2v) is 9.25. The van der Waals surface area contributed by atoms with Gasteiger partial charge < -0.3 is 10.6 Å². The summed E-state index contributed by atoms with van der Waals surface area (Å²) in [7, 11) is 0. The van der Waals surface area contributed by atoms with Crippen molar-refractivity contribution in [1.29, 1.82) is 0 Å². The van der Waals surface area contributed by atoms with Crippen LogP contribution in [0.2, 0.25) is 0 Å². The zero-order valence-electron chi connectivity index (χ0n) is 18.7. The molecule has 3 nitrogen and oxygen atoms in total. The Labute approximate surface area is 190 Å². The van der Waals surface area contributed by atoms with Gasteiger partial charge in [0.05, 0.1) is 0 Å². The number of hydrogen-bond donors (Lipinski definition) is 1. The summed E-state index contributed by atoms with van der Waals surface area (Å²) in [6, 6.07) is 24.5. The van der Waals surface area contributed by atoms with E-state index < -0.39 is 0 Å². The molecule has 1 fully saturated rings. The van der Waals surface area contributed by atoms with E-state index in [1.54, 1.807) is 12.1 Å². The molecule has 32 heavy (non-hydrogen) atoms. The molecule has 3 atom stereocenters. The number of amides is 1. The Morgan fingerprint density at radius 2 is 1.56 bits per heavy atom. The summed E-state index contributed by atoms with van der Waals surface area (Å²) >= 11 is 0. The van der Waals surface area contributed by atoms with Gasteiger partial charge in [-0.3, -0.25) is 4.79 Å². The molecular formula is C28H31FN2O. The number of nitrogens with two attached hydrogens (primary N) is 1. The number of carbonyl (C=O) groups excluding carboxylic acids is 1. The molecule has 4 heteroatoms. The molecule has 0 aliphatic heterocycles. The van der Waals surface area contributed by atoms with Crippen LogP contribution < -0.4 is 10.6 Å². The van der Waals surface area contributed by atoms with Gasteiger partial charge in [-0.1, -0.05) is 68.4 Å². The van der Waals surface area contributed by atoms with Crippen LogP contribution in [0.4, 0.5) is 10.1 Å². The first-order valence-corrected chi connectivity index (χ1v) is 11.4. The molecule has 0 aromatic heterocycles. The number of carbonyl (C=O) groups is 1. The van der Waals surface area contributed by atoms with Crippen molar-refractivity contribution in [3.63, 3.8) is 0 Å². The second-order valence-electron chi connectivity index (χ2n) is 9.25. The van der Waals surface area contributed by atoms with Crippen molar-refractivity contribution >= 4 is 11.6 Å². The summed E-state index contributed by atoms with van der Waals surface area (Å²) in [5.41, 5.74) is 10.4. The fourth-order valence-electron chi connectivity index (χ4n) is 4.45. The molecule has 0 spiro atoms. The van der Waals surface area contributed by atoms with Crippen LogP contribution in [0, 0.1) is 17.7 Å². The summed E-state index contributed by atoms with van der Waals surface area (Å²) in [5, 5.41) is 0. The molecule has 166 valence electrons. The van der Waals surface area contributed by atoms with Crippen molar-refractivity contribution in [3.8, 4) is 11.1 Å². The van der Waals surface area contributed by atoms with E-state index in [0.29, 0.717) is 12.5 Å². The summed E-state index contributed by atoms with van der Waals surface area (Å²) in [4.78, 5) is 15.4. The lowest BCUT2D eigenvalue weighted by Gasteiger charge is -2.27. The maximum absolute atomic E-state index is 13.5. The third-order valence-electron chi connectivity index (χ3n) is 6.15. The fourth-order valence-corrected chi connectivity index (χ4v) is 4.45. The Bertz CT molecular complexity index is 1030. The van der Waals surface area contributed by atoms with Crippen LogP contribution in [0.3, 0.4) is 0 Å². The smallest absolute Gasteiger partial charge is 0.230 e. The Balaban J connectivity index is 1.55. The van der Waals surface area contributed by atoms with E-state index in [1.807, 2.05) is 47.4 Å². The normalized spacial score (nSPS) is 18.4. The van der Waals surface area contributed by atoms with Crippen LogP contribution in [-0.4, -0.2) is 18.5 Å². The summed E-state index contributed by atoms with van der Waals surface area (Å²) in [6.45, 7) is 4.80. The van der Waals surface area contributed by atoms with Gasteiger partial charge in [0.1, 0.15) is 5.82 Å². The van der Waals surface area contributed by atoms with Crippen LogP contribution in [-0.2, 0) is 4.79 Å². The minimum absolute atomic E-state index is 0.000394. The molecule has 0 unspecified atom stereocenters. The van der Waals surface area contributed by atoms with Gasteiger partial charge in [0.25, 0.3) is 0 Å². The summed E-state index contributed by atoms with van der Waals surface area (Å²) in [6.07, 6.45) is 1.75. The molecule has 3 aromatic carbocycles. The highest BCUT2D eigenvalue weighted by molar-refractivity contribution is 5.97. The molecule has 1 saturated carbocycles. The Kier molecular flexibility index (Phi) is 6.71. The van der Waals surface area contributed by atoms with E-state index in [-0.39, 0.29) is 29.6 Å². The van der Waals surface area contributed by atoms with E-state index in [4.69, 9.17) is 5.73 Å². The quantitative estimate of drug-likeness (QED) is 0.476. The lowest BCUT2D eigenvalue weighted by atomic mass is 10.0. The number of anilines is 1. The average Bonchev–Trinajstić information content (AvgIpc) is 3.59. The molecule has 0 heterocycles. The zero-order valence-corrected chi connectivity index (χ0v) is 18.7. The maximum atomic E-state index is 13.5. The van der Waals surface area contributed by atoms with Gasteiger partial charge in [0.15, 0.2) is 0 Å². The topological polar surface area (TPSA) is 46.3 Å². The van der Waals surface area contributed by atoms with Gasteiger partial charge >= 0.3 is 0 Å². The van der Waals surface area contributed by atoms with Crippen molar-refractivity contribution < 1.29 is 9.18 Å². The zero-order chi connectivity index (χ0) is 22.7. The molecule has 1 aliphatic rings. The predicted octanol–water partition coefficient (Wildman–Crippen LogP) is 6.00. The average molecular weight is 431 g/mol. The van der Waals surface area contributed by atoms with E-state index >= 15 is 0 Å². The number of nitrogens with zero attached hydrogens (tertiary/aromatic N) is 1. The van der Waals surface area contributed by atoms with Crippen LogP contribution in [0.1, 0.15) is 38.2 Å². The van der Waals surface area contributed by atoms with Crippen LogP contribution in [0.5, 0.6) is 0 Å². The van der Waals surface area contributed by atoms with Gasteiger partial charge in [-0.15, -0.1) is 0 Å². The lowest BCUT2D eigenvalue weighted by Crippen LogP contribution is -2.42. The second kappa shape index (κ2) is 9.66. The maximum Gasteiger partial charge on any atom is 0.230 e. The first kappa shape index (κ1) is 22.2. The highest BCUT2D eigenvalue weighted by Gasteiger charge is 2.46. The number of halogens is 1. The number of hydrogen-bond acceptors (Lipinski definition) is 2. The first-order valence-electron chi connectivity index (χ1n) is 11.4. The molecule has 1 amide bonds. The molecular weight excluding hydrogens is 399 g/mol. The van der Waals surface area contributed by atoms with Crippen LogP contribution in [0.15, 0.2) is 78.9 Å². The van der Waals surface area contributed by atoms with E-state index in [1.165, 1.54) is 17.7 Å². The molecule has 3 aromatic rings. The van der Waals surface area contributed by atoms with Crippen molar-refractivity contribution in [2.75, 3.05) is 11.4 Å². The SMILES string of the molecule is CC(C)C[C@H](N)CN(C(=O)[C@@H]1C[C@H]1c1ccccc1)c1ccc(-c2ccc(F)cc2)cc1. The van der Waals surface area contributed by atoms with Crippen molar-refractivity contribution in [1.82, 2.24) is 0 Å². The standard InChI is InChI=1S/C28H31FN2O/c1-19(2)16-24(30)18-31(28(32)27-17-26(27)22-6-4-3-5-7-22)25-14-10-21(11-15-25)20-8-12-23(29)13-9-20/h3-15,19,24,26-27H,16-18,30H2,1-2H3/t24-,26-,27+/m0/s1. The molecule has 4 rings (SSSR count).